The summed E-state index contributed by atoms with van der Waals surface area (Å²) in [5, 5.41) is 0.662. The number of esters is 1. The van der Waals surface area contributed by atoms with Gasteiger partial charge in [0, 0.05) is 0 Å². The van der Waals surface area contributed by atoms with E-state index in [4.69, 9.17) is 9.47 Å². The topological polar surface area (TPSA) is 52.6 Å². The molecule has 0 unspecified atom stereocenters. The molecule has 5 heteroatoms. The van der Waals surface area contributed by atoms with Gasteiger partial charge in [0.2, 0.25) is 0 Å². The summed E-state index contributed by atoms with van der Waals surface area (Å²) in [6.45, 7) is 9.61. The SMILES string of the molecule is CCOC(=O)C=C(C)c1ccccc1C[As]C(=O)OC(C)(C)C. The van der Waals surface area contributed by atoms with E-state index in [0.29, 0.717) is 11.8 Å². The van der Waals surface area contributed by atoms with Crippen molar-refractivity contribution < 1.29 is 19.1 Å². The summed E-state index contributed by atoms with van der Waals surface area (Å²) in [4.78, 5) is 23.5. The van der Waals surface area contributed by atoms with Gasteiger partial charge in [-0.25, -0.2) is 0 Å². The second-order valence-corrected chi connectivity index (χ2v) is 8.13. The maximum absolute atomic E-state index is 11.9. The van der Waals surface area contributed by atoms with Crippen molar-refractivity contribution in [2.75, 3.05) is 6.61 Å². The van der Waals surface area contributed by atoms with Gasteiger partial charge in [0.05, 0.1) is 0 Å². The molecule has 1 rings (SSSR count). The molecular weight excluding hydrogens is 355 g/mol. The average Bonchev–Trinajstić information content (AvgIpc) is 2.43. The number of hydrogen-bond acceptors (Lipinski definition) is 4. The van der Waals surface area contributed by atoms with E-state index in [9.17, 15) is 9.59 Å². The molecule has 0 aliphatic rings. The monoisotopic (exact) mass is 379 g/mol. The molecule has 0 atom stereocenters. The van der Waals surface area contributed by atoms with Crippen molar-refractivity contribution in [1.29, 1.82) is 0 Å². The van der Waals surface area contributed by atoms with Gasteiger partial charge in [0.25, 0.3) is 0 Å². The zero-order chi connectivity index (χ0) is 17.5. The van der Waals surface area contributed by atoms with E-state index in [-0.39, 0.29) is 10.7 Å². The molecule has 0 amide bonds. The first kappa shape index (κ1) is 19.5. The van der Waals surface area contributed by atoms with Crippen LogP contribution in [0.1, 0.15) is 45.7 Å². The molecule has 1 aromatic carbocycles. The molecule has 23 heavy (non-hydrogen) atoms. The van der Waals surface area contributed by atoms with Crippen LogP contribution in [-0.2, 0) is 19.5 Å². The summed E-state index contributed by atoms with van der Waals surface area (Å²) in [5.74, 6) is -0.347. The second kappa shape index (κ2) is 8.93. The zero-order valence-corrected chi connectivity index (χ0v) is 16.3. The van der Waals surface area contributed by atoms with E-state index < -0.39 is 21.4 Å². The normalized spacial score (nSPS) is 12.5. The summed E-state index contributed by atoms with van der Waals surface area (Å²) < 4.78 is 10.2. The summed E-state index contributed by atoms with van der Waals surface area (Å²) in [5.41, 5.74) is 2.41. The Kier molecular flexibility index (Phi) is 7.57. The third kappa shape index (κ3) is 7.51. The van der Waals surface area contributed by atoms with Gasteiger partial charge >= 0.3 is 145 Å². The van der Waals surface area contributed by atoms with Gasteiger partial charge in [-0.05, 0) is 0 Å². The van der Waals surface area contributed by atoms with Crippen LogP contribution in [0.5, 0.6) is 0 Å². The number of carbonyl (C=O) groups excluding carboxylic acids is 2. The molecule has 0 saturated carbocycles. The van der Waals surface area contributed by atoms with Crippen LogP contribution >= 0.6 is 0 Å². The number of benzene rings is 1. The molecule has 0 aromatic heterocycles. The molecule has 0 spiro atoms. The Hall–Kier alpha value is -1.54. The van der Waals surface area contributed by atoms with Crippen LogP contribution in [0.3, 0.4) is 0 Å². The van der Waals surface area contributed by atoms with Crippen molar-refractivity contribution in [3.05, 3.63) is 41.5 Å². The molecule has 125 valence electrons. The van der Waals surface area contributed by atoms with Crippen molar-refractivity contribution >= 4 is 32.1 Å². The Morgan fingerprint density at radius 2 is 1.87 bits per heavy atom. The Balaban J connectivity index is 2.82. The minimum atomic E-state index is -0.600. The number of ether oxygens (including phenoxy) is 2. The van der Waals surface area contributed by atoms with Crippen LogP contribution in [0.2, 0.25) is 0 Å². The predicted molar refractivity (Wildman–Crippen MR) is 92.4 cm³/mol. The summed E-state index contributed by atoms with van der Waals surface area (Å²) in [6.07, 6.45) is 1.49. The van der Waals surface area contributed by atoms with Gasteiger partial charge in [-0.15, -0.1) is 0 Å². The molecule has 1 radical (unpaired) electrons. The van der Waals surface area contributed by atoms with Gasteiger partial charge in [-0.3, -0.25) is 0 Å². The first-order chi connectivity index (χ1) is 10.7. The first-order valence-corrected chi connectivity index (χ1v) is 9.83. The Labute approximate surface area is 144 Å². The van der Waals surface area contributed by atoms with E-state index in [1.54, 1.807) is 6.92 Å². The van der Waals surface area contributed by atoms with Crippen molar-refractivity contribution in [2.24, 2.45) is 0 Å². The molecule has 0 N–H and O–H groups in total. The number of rotatable bonds is 6. The van der Waals surface area contributed by atoms with Crippen LogP contribution < -0.4 is 0 Å². The third-order valence-corrected chi connectivity index (χ3v) is 4.61. The van der Waals surface area contributed by atoms with Crippen molar-refractivity contribution in [1.82, 2.24) is 0 Å². The fourth-order valence-electron chi connectivity index (χ4n) is 1.93. The third-order valence-electron chi connectivity index (χ3n) is 2.84. The molecule has 0 saturated heterocycles. The Morgan fingerprint density at radius 3 is 2.48 bits per heavy atom. The first-order valence-electron chi connectivity index (χ1n) is 7.56. The molecule has 0 aliphatic carbocycles. The van der Waals surface area contributed by atoms with Crippen LogP contribution in [0.25, 0.3) is 5.57 Å². The van der Waals surface area contributed by atoms with Gasteiger partial charge in [-0.1, -0.05) is 0 Å². The van der Waals surface area contributed by atoms with E-state index in [0.717, 1.165) is 16.7 Å². The quantitative estimate of drug-likeness (QED) is 0.429. The average molecular weight is 379 g/mol. The summed E-state index contributed by atoms with van der Waals surface area (Å²) in [7, 11) is 0. The van der Waals surface area contributed by atoms with Crippen molar-refractivity contribution in [3.8, 4) is 0 Å². The molecule has 0 bridgehead atoms. The molecule has 0 aliphatic heterocycles. The van der Waals surface area contributed by atoms with E-state index >= 15 is 0 Å². The number of allylic oxidation sites excluding steroid dienone is 1. The molecule has 0 heterocycles. The van der Waals surface area contributed by atoms with Gasteiger partial charge in [0.15, 0.2) is 0 Å². The fourth-order valence-corrected chi connectivity index (χ4v) is 3.84. The van der Waals surface area contributed by atoms with Crippen molar-refractivity contribution in [3.63, 3.8) is 0 Å². The Bertz CT molecular complexity index is 585. The standard InChI is InChI=1S/C18H24AsO4/c1-6-22-16(20)11-13(2)15-10-8-7-9-14(15)12-19-17(21)23-18(3,4)5/h7-11H,6,12H2,1-5H3. The van der Waals surface area contributed by atoms with Crippen LogP contribution in [-0.4, -0.2) is 38.7 Å². The van der Waals surface area contributed by atoms with Gasteiger partial charge in [-0.2, -0.15) is 0 Å². The summed E-state index contributed by atoms with van der Waals surface area (Å²) >= 11 is -0.600. The minimum absolute atomic E-state index is 0.129. The van der Waals surface area contributed by atoms with Crippen LogP contribution in [0.4, 0.5) is 4.79 Å². The molecule has 1 aromatic rings. The molecule has 0 fully saturated rings. The molecule has 4 nitrogen and oxygen atoms in total. The van der Waals surface area contributed by atoms with E-state index in [1.807, 2.05) is 52.0 Å². The zero-order valence-electron chi connectivity index (χ0n) is 14.4. The van der Waals surface area contributed by atoms with E-state index in [1.165, 1.54) is 6.08 Å². The Morgan fingerprint density at radius 1 is 1.22 bits per heavy atom. The second-order valence-electron chi connectivity index (χ2n) is 6.03. The van der Waals surface area contributed by atoms with Gasteiger partial charge < -0.3 is 0 Å². The predicted octanol–water partition coefficient (Wildman–Crippen LogP) is 3.79. The van der Waals surface area contributed by atoms with Crippen LogP contribution in [0.15, 0.2) is 30.3 Å². The van der Waals surface area contributed by atoms with Crippen molar-refractivity contribution in [2.45, 2.75) is 45.4 Å². The fraction of sp³-hybridized carbons (Fsp3) is 0.444. The number of hydrogen-bond donors (Lipinski definition) is 0. The molecular formula is C18H24AsO4. The van der Waals surface area contributed by atoms with E-state index in [2.05, 4.69) is 0 Å². The summed E-state index contributed by atoms with van der Waals surface area (Å²) in [6, 6.07) is 7.80. The number of carbonyl (C=O) groups is 2. The maximum atomic E-state index is 11.9. The van der Waals surface area contributed by atoms with Gasteiger partial charge in [0.1, 0.15) is 0 Å². The van der Waals surface area contributed by atoms with Crippen LogP contribution in [0, 0.1) is 0 Å².